The molecule has 0 bridgehead atoms. The molecular weight excluding hydrogens is 484 g/mol. The van der Waals surface area contributed by atoms with Crippen molar-refractivity contribution < 1.29 is 14.3 Å². The molecule has 2 fully saturated rings. The van der Waals surface area contributed by atoms with E-state index in [9.17, 15) is 9.59 Å². The molecule has 1 amide bonds. The number of rotatable bonds is 4. The minimum absolute atomic E-state index is 0.103. The second-order valence-electron chi connectivity index (χ2n) is 11.3. The van der Waals surface area contributed by atoms with Crippen molar-refractivity contribution in [2.24, 2.45) is 0 Å². The van der Waals surface area contributed by atoms with Gasteiger partial charge in [-0.25, -0.2) is 9.78 Å². The van der Waals surface area contributed by atoms with Crippen molar-refractivity contribution in [3.63, 3.8) is 0 Å². The lowest BCUT2D eigenvalue weighted by atomic mass is 10.1. The van der Waals surface area contributed by atoms with Gasteiger partial charge in [-0.1, -0.05) is 12.1 Å². The molecule has 0 radical (unpaired) electrons. The number of hydrogen-bond acceptors (Lipinski definition) is 8. The molecule has 2 aromatic heterocycles. The fourth-order valence-electron chi connectivity index (χ4n) is 5.24. The molecule has 1 atom stereocenters. The standard InChI is InChI=1S/C28H34N6O4/c1-17-6-5-7-21-23(17)33(27(36)38-28(2,3)4)12-11-32(21)22-14-18-15-29-26(30-19-8-9-19)31-24(18)34(25(22)35)20-10-13-37-16-20/h5-7,14-15,19-20H,8-13,16H2,1-4H3,(H,29,30,31). The topological polar surface area (TPSA) is 102 Å². The fourth-order valence-corrected chi connectivity index (χ4v) is 5.24. The summed E-state index contributed by atoms with van der Waals surface area (Å²) in [6.45, 7) is 9.45. The van der Waals surface area contributed by atoms with E-state index in [0.717, 1.165) is 41.6 Å². The molecule has 3 aliphatic rings. The van der Waals surface area contributed by atoms with E-state index in [0.29, 0.717) is 49.6 Å². The van der Waals surface area contributed by atoms with Crippen molar-refractivity contribution in [2.45, 2.75) is 64.6 Å². The van der Waals surface area contributed by atoms with Crippen LogP contribution in [0.15, 0.2) is 35.3 Å². The Morgan fingerprint density at radius 3 is 2.68 bits per heavy atom. The molecule has 4 heterocycles. The number of nitrogens with zero attached hydrogens (tertiary/aromatic N) is 5. The summed E-state index contributed by atoms with van der Waals surface area (Å²) in [4.78, 5) is 40.3. The van der Waals surface area contributed by atoms with Gasteiger partial charge in [0.2, 0.25) is 5.95 Å². The van der Waals surface area contributed by atoms with Crippen molar-refractivity contribution in [2.75, 3.05) is 41.4 Å². The van der Waals surface area contributed by atoms with Crippen molar-refractivity contribution in [1.29, 1.82) is 0 Å². The van der Waals surface area contributed by atoms with E-state index in [1.807, 2.05) is 56.9 Å². The van der Waals surface area contributed by atoms with E-state index in [1.54, 1.807) is 15.7 Å². The van der Waals surface area contributed by atoms with E-state index in [2.05, 4.69) is 10.3 Å². The summed E-state index contributed by atoms with van der Waals surface area (Å²) >= 11 is 0. The number of para-hydroxylation sites is 1. The Hall–Kier alpha value is -3.66. The number of hydrogen-bond donors (Lipinski definition) is 1. The van der Waals surface area contributed by atoms with Crippen LogP contribution in [0.5, 0.6) is 0 Å². The molecule has 200 valence electrons. The van der Waals surface area contributed by atoms with Gasteiger partial charge in [0.25, 0.3) is 5.56 Å². The summed E-state index contributed by atoms with van der Waals surface area (Å²) in [7, 11) is 0. The highest BCUT2D eigenvalue weighted by Crippen LogP contribution is 2.40. The number of aromatic nitrogens is 3. The van der Waals surface area contributed by atoms with Crippen molar-refractivity contribution >= 4 is 40.1 Å². The summed E-state index contributed by atoms with van der Waals surface area (Å²) in [6, 6.07) is 8.04. The van der Waals surface area contributed by atoms with Gasteiger partial charge in [-0.3, -0.25) is 14.3 Å². The number of aryl methyl sites for hydroxylation is 1. The molecule has 1 N–H and O–H groups in total. The zero-order chi connectivity index (χ0) is 26.6. The van der Waals surface area contributed by atoms with Gasteiger partial charge in [0.1, 0.15) is 16.9 Å². The molecule has 1 aliphatic carbocycles. The summed E-state index contributed by atoms with van der Waals surface area (Å²) in [5, 5.41) is 4.13. The predicted molar refractivity (Wildman–Crippen MR) is 147 cm³/mol. The van der Waals surface area contributed by atoms with Gasteiger partial charge in [-0.2, -0.15) is 4.98 Å². The molecule has 1 saturated carbocycles. The quantitative estimate of drug-likeness (QED) is 0.538. The van der Waals surface area contributed by atoms with Gasteiger partial charge in [0.15, 0.2) is 0 Å². The molecule has 10 heteroatoms. The van der Waals surface area contributed by atoms with Gasteiger partial charge in [0, 0.05) is 37.3 Å². The van der Waals surface area contributed by atoms with Crippen LogP contribution in [0.2, 0.25) is 0 Å². The highest BCUT2D eigenvalue weighted by molar-refractivity contribution is 5.97. The summed E-state index contributed by atoms with van der Waals surface area (Å²) in [5.41, 5.74) is 2.89. The molecule has 6 rings (SSSR count). The molecule has 1 saturated heterocycles. The molecular formula is C28H34N6O4. The normalized spacial score (nSPS) is 19.5. The molecule has 1 aromatic carbocycles. The van der Waals surface area contributed by atoms with Crippen molar-refractivity contribution in [3.05, 3.63) is 46.4 Å². The number of benzene rings is 1. The summed E-state index contributed by atoms with van der Waals surface area (Å²) < 4.78 is 13.2. The first-order valence-corrected chi connectivity index (χ1v) is 13.3. The van der Waals surface area contributed by atoms with E-state index in [4.69, 9.17) is 14.5 Å². The molecule has 0 spiro atoms. The van der Waals surface area contributed by atoms with Crippen molar-refractivity contribution in [3.8, 4) is 0 Å². The second-order valence-corrected chi connectivity index (χ2v) is 11.3. The number of anilines is 4. The number of carbonyl (C=O) groups is 1. The minimum Gasteiger partial charge on any atom is -0.443 e. The highest BCUT2D eigenvalue weighted by Gasteiger charge is 2.34. The first-order valence-electron chi connectivity index (χ1n) is 13.3. The fraction of sp³-hybridized carbons (Fsp3) is 0.500. The lowest BCUT2D eigenvalue weighted by molar-refractivity contribution is 0.0580. The van der Waals surface area contributed by atoms with Gasteiger partial charge in [0.05, 0.1) is 24.0 Å². The lowest BCUT2D eigenvalue weighted by Crippen LogP contribution is -2.46. The number of pyridine rings is 1. The smallest absolute Gasteiger partial charge is 0.414 e. The maximum atomic E-state index is 14.2. The number of fused-ring (bicyclic) bond motifs is 2. The highest BCUT2D eigenvalue weighted by atomic mass is 16.6. The van der Waals surface area contributed by atoms with Crippen molar-refractivity contribution in [1.82, 2.24) is 14.5 Å². The Morgan fingerprint density at radius 2 is 1.97 bits per heavy atom. The van der Waals surface area contributed by atoms with Crippen LogP contribution in [0, 0.1) is 6.92 Å². The van der Waals surface area contributed by atoms with Crippen LogP contribution in [-0.4, -0.2) is 58.6 Å². The van der Waals surface area contributed by atoms with E-state index >= 15 is 0 Å². The number of carbonyl (C=O) groups excluding carboxylic acids is 1. The molecule has 2 aliphatic heterocycles. The zero-order valence-corrected chi connectivity index (χ0v) is 22.4. The third-order valence-corrected chi connectivity index (χ3v) is 7.16. The predicted octanol–water partition coefficient (Wildman–Crippen LogP) is 4.53. The Kier molecular flexibility index (Phi) is 6.02. The third-order valence-electron chi connectivity index (χ3n) is 7.16. The molecule has 1 unspecified atom stereocenters. The average Bonchev–Trinajstić information content (AvgIpc) is 3.51. The van der Waals surface area contributed by atoms with Gasteiger partial charge in [-0.15, -0.1) is 0 Å². The Morgan fingerprint density at radius 1 is 1.16 bits per heavy atom. The SMILES string of the molecule is Cc1cccc2c1N(C(=O)OC(C)(C)C)CCN2c1cc2cnc(NC3CC3)nc2n(C2CCOC2)c1=O. The minimum atomic E-state index is -0.611. The van der Waals surface area contributed by atoms with Crippen LogP contribution in [0.4, 0.5) is 27.8 Å². The average molecular weight is 519 g/mol. The lowest BCUT2D eigenvalue weighted by Gasteiger charge is -2.39. The van der Waals surface area contributed by atoms with Crippen LogP contribution in [0.25, 0.3) is 11.0 Å². The number of nitrogens with one attached hydrogen (secondary N) is 1. The van der Waals surface area contributed by atoms with Gasteiger partial charge < -0.3 is 19.7 Å². The summed E-state index contributed by atoms with van der Waals surface area (Å²) in [6.07, 6.45) is 4.36. The first kappa shape index (κ1) is 24.7. The first-order chi connectivity index (χ1) is 18.2. The number of ether oxygens (including phenoxy) is 2. The Bertz CT molecular complexity index is 1450. The van der Waals surface area contributed by atoms with Crippen LogP contribution < -0.4 is 20.7 Å². The van der Waals surface area contributed by atoms with Crippen LogP contribution in [-0.2, 0) is 9.47 Å². The summed E-state index contributed by atoms with van der Waals surface area (Å²) in [5.74, 6) is 0.548. The molecule has 10 nitrogen and oxygen atoms in total. The maximum absolute atomic E-state index is 14.2. The zero-order valence-electron chi connectivity index (χ0n) is 22.4. The number of amides is 1. The van der Waals surface area contributed by atoms with Crippen LogP contribution in [0.3, 0.4) is 0 Å². The van der Waals surface area contributed by atoms with E-state index in [-0.39, 0.29) is 11.6 Å². The van der Waals surface area contributed by atoms with E-state index < -0.39 is 11.7 Å². The Labute approximate surface area is 221 Å². The van der Waals surface area contributed by atoms with Crippen LogP contribution >= 0.6 is 0 Å². The molecule has 3 aromatic rings. The maximum Gasteiger partial charge on any atom is 0.414 e. The molecule has 38 heavy (non-hydrogen) atoms. The second kappa shape index (κ2) is 9.27. The van der Waals surface area contributed by atoms with Gasteiger partial charge >= 0.3 is 6.09 Å². The Balaban J connectivity index is 1.47. The monoisotopic (exact) mass is 518 g/mol. The van der Waals surface area contributed by atoms with Gasteiger partial charge in [-0.05, 0) is 64.7 Å². The third kappa shape index (κ3) is 4.57. The largest absolute Gasteiger partial charge is 0.443 e. The van der Waals surface area contributed by atoms with E-state index in [1.165, 1.54) is 0 Å². The van der Waals surface area contributed by atoms with Crippen LogP contribution in [0.1, 0.15) is 51.6 Å².